The second-order valence-electron chi connectivity index (χ2n) is 6.86. The van der Waals surface area contributed by atoms with Crippen LogP contribution in [0.4, 0.5) is 0 Å². The van der Waals surface area contributed by atoms with Gasteiger partial charge in [0.25, 0.3) is 0 Å². The highest BCUT2D eigenvalue weighted by atomic mass is 15.2. The zero-order valence-electron chi connectivity index (χ0n) is 13.6. The van der Waals surface area contributed by atoms with Crippen molar-refractivity contribution < 1.29 is 0 Å². The Labute approximate surface area is 129 Å². The van der Waals surface area contributed by atoms with Gasteiger partial charge in [-0.2, -0.15) is 0 Å². The maximum Gasteiger partial charge on any atom is 0.0354 e. The summed E-state index contributed by atoms with van der Waals surface area (Å²) in [6.45, 7) is 8.32. The molecule has 1 aliphatic heterocycles. The highest BCUT2D eigenvalue weighted by Gasteiger charge is 2.32. The number of benzene rings is 1. The smallest absolute Gasteiger partial charge is 0.0354 e. The summed E-state index contributed by atoms with van der Waals surface area (Å²) in [5.41, 5.74) is 3.20. The third-order valence-corrected chi connectivity index (χ3v) is 5.38. The molecule has 0 bridgehead atoms. The first kappa shape index (κ1) is 15.1. The van der Waals surface area contributed by atoms with Gasteiger partial charge in [0, 0.05) is 18.6 Å². The van der Waals surface area contributed by atoms with Crippen LogP contribution in [-0.2, 0) is 0 Å². The van der Waals surface area contributed by atoms with Gasteiger partial charge in [-0.1, -0.05) is 38.1 Å². The van der Waals surface area contributed by atoms with Crippen molar-refractivity contribution in [1.82, 2.24) is 10.2 Å². The van der Waals surface area contributed by atoms with Crippen molar-refractivity contribution in [3.63, 3.8) is 0 Å². The van der Waals surface area contributed by atoms with Gasteiger partial charge >= 0.3 is 0 Å². The van der Waals surface area contributed by atoms with E-state index in [1.165, 1.54) is 51.7 Å². The minimum atomic E-state index is 0.641. The van der Waals surface area contributed by atoms with Crippen molar-refractivity contribution in [3.8, 4) is 0 Å². The SMILES string of the molecule is CCCN(C1CCCNC1)C1CCC(C)c2ccccc21. The Bertz CT molecular complexity index is 451. The first-order chi connectivity index (χ1) is 10.3. The molecule has 3 rings (SSSR count). The van der Waals surface area contributed by atoms with E-state index in [1.54, 1.807) is 11.1 Å². The van der Waals surface area contributed by atoms with Crippen LogP contribution in [0.25, 0.3) is 0 Å². The quantitative estimate of drug-likeness (QED) is 0.897. The summed E-state index contributed by atoms with van der Waals surface area (Å²) in [5.74, 6) is 0.727. The van der Waals surface area contributed by atoms with Crippen LogP contribution in [0.3, 0.4) is 0 Å². The summed E-state index contributed by atoms with van der Waals surface area (Å²) >= 11 is 0. The Morgan fingerprint density at radius 2 is 1.95 bits per heavy atom. The molecular weight excluding hydrogens is 256 g/mol. The zero-order valence-corrected chi connectivity index (χ0v) is 13.6. The summed E-state index contributed by atoms with van der Waals surface area (Å²) in [6, 6.07) is 10.5. The molecule has 2 heteroatoms. The van der Waals surface area contributed by atoms with Crippen LogP contribution in [0.5, 0.6) is 0 Å². The van der Waals surface area contributed by atoms with E-state index in [0.717, 1.165) is 12.0 Å². The van der Waals surface area contributed by atoms with E-state index in [9.17, 15) is 0 Å². The van der Waals surface area contributed by atoms with Crippen LogP contribution >= 0.6 is 0 Å². The molecule has 1 aromatic rings. The van der Waals surface area contributed by atoms with E-state index in [0.29, 0.717) is 6.04 Å². The van der Waals surface area contributed by atoms with Crippen LogP contribution in [0.2, 0.25) is 0 Å². The molecule has 1 saturated heterocycles. The lowest BCUT2D eigenvalue weighted by molar-refractivity contribution is 0.0981. The molecule has 1 heterocycles. The number of hydrogen-bond acceptors (Lipinski definition) is 2. The number of rotatable bonds is 4. The summed E-state index contributed by atoms with van der Waals surface area (Å²) in [4.78, 5) is 2.82. The highest BCUT2D eigenvalue weighted by Crippen LogP contribution is 2.41. The van der Waals surface area contributed by atoms with E-state index in [2.05, 4.69) is 48.3 Å². The summed E-state index contributed by atoms with van der Waals surface area (Å²) in [6.07, 6.45) is 6.61. The van der Waals surface area contributed by atoms with Gasteiger partial charge in [-0.25, -0.2) is 0 Å². The van der Waals surface area contributed by atoms with Gasteiger partial charge < -0.3 is 5.32 Å². The van der Waals surface area contributed by atoms with Crippen molar-refractivity contribution in [2.45, 2.75) is 64.0 Å². The summed E-state index contributed by atoms with van der Waals surface area (Å²) < 4.78 is 0. The van der Waals surface area contributed by atoms with E-state index >= 15 is 0 Å². The second-order valence-corrected chi connectivity index (χ2v) is 6.86. The molecule has 0 saturated carbocycles. The summed E-state index contributed by atoms with van der Waals surface area (Å²) in [5, 5.41) is 3.60. The molecule has 1 N–H and O–H groups in total. The molecule has 0 spiro atoms. The van der Waals surface area contributed by atoms with Crippen LogP contribution in [0, 0.1) is 0 Å². The topological polar surface area (TPSA) is 15.3 Å². The third kappa shape index (κ3) is 3.17. The average Bonchev–Trinajstić information content (AvgIpc) is 2.55. The van der Waals surface area contributed by atoms with Crippen molar-refractivity contribution >= 4 is 0 Å². The standard InChI is InChI=1S/C19H30N2/c1-3-13-21(16-7-6-12-20-14-16)19-11-10-15(2)17-8-4-5-9-18(17)19/h4-5,8-9,15-16,19-20H,3,6-7,10-14H2,1-2H3. The van der Waals surface area contributed by atoms with Gasteiger partial charge in [0.15, 0.2) is 0 Å². The van der Waals surface area contributed by atoms with Crippen LogP contribution in [0.15, 0.2) is 24.3 Å². The van der Waals surface area contributed by atoms with E-state index in [1.807, 2.05) is 0 Å². The monoisotopic (exact) mass is 286 g/mol. The van der Waals surface area contributed by atoms with Crippen LogP contribution in [-0.4, -0.2) is 30.6 Å². The number of fused-ring (bicyclic) bond motifs is 1. The molecular formula is C19H30N2. The molecule has 2 aliphatic rings. The molecule has 1 aromatic carbocycles. The van der Waals surface area contributed by atoms with Gasteiger partial charge in [-0.15, -0.1) is 0 Å². The predicted molar refractivity (Wildman–Crippen MR) is 89.7 cm³/mol. The fourth-order valence-electron chi connectivity index (χ4n) is 4.29. The lowest BCUT2D eigenvalue weighted by Crippen LogP contribution is -2.48. The normalized spacial score (nSPS) is 29.4. The molecule has 1 fully saturated rings. The fourth-order valence-corrected chi connectivity index (χ4v) is 4.29. The van der Waals surface area contributed by atoms with Crippen molar-refractivity contribution in [2.75, 3.05) is 19.6 Å². The van der Waals surface area contributed by atoms with Gasteiger partial charge in [-0.3, -0.25) is 4.90 Å². The molecule has 21 heavy (non-hydrogen) atoms. The molecule has 1 aliphatic carbocycles. The molecule has 3 unspecified atom stereocenters. The summed E-state index contributed by atoms with van der Waals surface area (Å²) in [7, 11) is 0. The number of nitrogens with zero attached hydrogens (tertiary/aromatic N) is 1. The van der Waals surface area contributed by atoms with Crippen LogP contribution in [0.1, 0.15) is 69.0 Å². The predicted octanol–water partition coefficient (Wildman–Crippen LogP) is 4.09. The Kier molecular flexibility index (Phi) is 4.97. The first-order valence-corrected chi connectivity index (χ1v) is 8.86. The second kappa shape index (κ2) is 6.93. The number of piperidine rings is 1. The van der Waals surface area contributed by atoms with Crippen molar-refractivity contribution in [3.05, 3.63) is 35.4 Å². The Morgan fingerprint density at radius 3 is 2.67 bits per heavy atom. The van der Waals surface area contributed by atoms with Crippen molar-refractivity contribution in [2.24, 2.45) is 0 Å². The van der Waals surface area contributed by atoms with Crippen LogP contribution < -0.4 is 5.32 Å². The Hall–Kier alpha value is -0.860. The fraction of sp³-hybridized carbons (Fsp3) is 0.684. The van der Waals surface area contributed by atoms with Crippen molar-refractivity contribution in [1.29, 1.82) is 0 Å². The minimum absolute atomic E-state index is 0.641. The number of nitrogens with one attached hydrogen (secondary N) is 1. The maximum atomic E-state index is 3.60. The third-order valence-electron chi connectivity index (χ3n) is 5.38. The average molecular weight is 286 g/mol. The van der Waals surface area contributed by atoms with Gasteiger partial charge in [-0.05, 0) is 62.2 Å². The van der Waals surface area contributed by atoms with Gasteiger partial charge in [0.05, 0.1) is 0 Å². The van der Waals surface area contributed by atoms with Gasteiger partial charge in [0.1, 0.15) is 0 Å². The largest absolute Gasteiger partial charge is 0.315 e. The molecule has 0 amide bonds. The molecule has 0 radical (unpaired) electrons. The highest BCUT2D eigenvalue weighted by molar-refractivity contribution is 5.35. The van der Waals surface area contributed by atoms with E-state index in [4.69, 9.17) is 0 Å². The Morgan fingerprint density at radius 1 is 1.14 bits per heavy atom. The molecule has 2 nitrogen and oxygen atoms in total. The number of hydrogen-bond donors (Lipinski definition) is 1. The molecule has 3 atom stereocenters. The lowest BCUT2D eigenvalue weighted by atomic mass is 9.79. The molecule has 0 aromatic heterocycles. The molecule has 116 valence electrons. The first-order valence-electron chi connectivity index (χ1n) is 8.86. The maximum absolute atomic E-state index is 3.60. The zero-order chi connectivity index (χ0) is 14.7. The van der Waals surface area contributed by atoms with Gasteiger partial charge in [0.2, 0.25) is 0 Å². The van der Waals surface area contributed by atoms with E-state index < -0.39 is 0 Å². The van der Waals surface area contributed by atoms with E-state index in [-0.39, 0.29) is 0 Å². The minimum Gasteiger partial charge on any atom is -0.315 e. The Balaban J connectivity index is 1.87. The lowest BCUT2D eigenvalue weighted by Gasteiger charge is -2.43.